The molecule has 0 saturated heterocycles. The number of para-hydroxylation sites is 1. The lowest BCUT2D eigenvalue weighted by atomic mass is 10.1. The number of nitrogens with zero attached hydrogens (tertiary/aromatic N) is 2. The Morgan fingerprint density at radius 1 is 1.14 bits per heavy atom. The lowest BCUT2D eigenvalue weighted by Crippen LogP contribution is -2.31. The predicted octanol–water partition coefficient (Wildman–Crippen LogP) is 3.36. The quantitative estimate of drug-likeness (QED) is 0.628. The summed E-state index contributed by atoms with van der Waals surface area (Å²) in [6.45, 7) is 1.94. The maximum absolute atomic E-state index is 12.4. The number of carbonyl (C=O) groups excluding carboxylic acids is 1. The van der Waals surface area contributed by atoms with Crippen LogP contribution in [0.25, 0.3) is 0 Å². The first-order chi connectivity index (χ1) is 10.5. The first kappa shape index (κ1) is 15.7. The number of rotatable bonds is 5. The molecule has 0 fully saturated rings. The number of benzene rings is 2. The minimum atomic E-state index is -0.455. The Morgan fingerprint density at radius 2 is 1.73 bits per heavy atom. The van der Waals surface area contributed by atoms with Crippen LogP contribution >= 0.6 is 0 Å². The molecular weight excluding hydrogens is 280 g/mol. The van der Waals surface area contributed by atoms with Crippen molar-refractivity contribution in [3.05, 3.63) is 75.8 Å². The summed E-state index contributed by atoms with van der Waals surface area (Å²) in [7, 11) is 1.72. The van der Waals surface area contributed by atoms with E-state index in [2.05, 4.69) is 0 Å². The Kier molecular flexibility index (Phi) is 4.88. The van der Waals surface area contributed by atoms with Crippen molar-refractivity contribution in [2.45, 2.75) is 19.4 Å². The molecule has 5 nitrogen and oxygen atoms in total. The van der Waals surface area contributed by atoms with Crippen LogP contribution in [0.5, 0.6) is 0 Å². The number of nitro benzene ring substituents is 1. The third kappa shape index (κ3) is 3.49. The highest BCUT2D eigenvalue weighted by molar-refractivity contribution is 5.80. The molecule has 0 saturated carbocycles. The van der Waals surface area contributed by atoms with E-state index in [0.29, 0.717) is 5.56 Å². The molecular formula is C17H18N2O3. The topological polar surface area (TPSA) is 63.5 Å². The van der Waals surface area contributed by atoms with Gasteiger partial charge in [-0.25, -0.2) is 0 Å². The molecule has 2 rings (SSSR count). The zero-order valence-corrected chi connectivity index (χ0v) is 12.6. The van der Waals surface area contributed by atoms with E-state index in [1.807, 2.05) is 37.3 Å². The number of nitro groups is 1. The normalized spacial score (nSPS) is 11.7. The molecule has 0 spiro atoms. The third-order valence-corrected chi connectivity index (χ3v) is 3.79. The Balaban J connectivity index is 2.14. The summed E-state index contributed by atoms with van der Waals surface area (Å²) >= 11 is 0. The molecule has 0 aliphatic rings. The van der Waals surface area contributed by atoms with Crippen molar-refractivity contribution in [2.24, 2.45) is 0 Å². The summed E-state index contributed by atoms with van der Waals surface area (Å²) in [6, 6.07) is 15.9. The van der Waals surface area contributed by atoms with Crippen molar-refractivity contribution in [1.82, 2.24) is 4.90 Å². The van der Waals surface area contributed by atoms with Crippen LogP contribution in [0.3, 0.4) is 0 Å². The Hall–Kier alpha value is -2.69. The van der Waals surface area contributed by atoms with Gasteiger partial charge in [0.2, 0.25) is 5.91 Å². The molecule has 2 aromatic carbocycles. The molecule has 22 heavy (non-hydrogen) atoms. The van der Waals surface area contributed by atoms with Crippen LogP contribution in [0.1, 0.15) is 24.1 Å². The zero-order valence-electron chi connectivity index (χ0n) is 12.6. The van der Waals surface area contributed by atoms with E-state index >= 15 is 0 Å². The molecule has 0 aliphatic heterocycles. The second kappa shape index (κ2) is 6.85. The van der Waals surface area contributed by atoms with E-state index in [0.717, 1.165) is 5.56 Å². The number of hydrogen-bond donors (Lipinski definition) is 0. The first-order valence-corrected chi connectivity index (χ1v) is 7.03. The Morgan fingerprint density at radius 3 is 2.36 bits per heavy atom. The molecule has 5 heteroatoms. The zero-order chi connectivity index (χ0) is 16.1. The van der Waals surface area contributed by atoms with E-state index in [-0.39, 0.29) is 24.1 Å². The summed E-state index contributed by atoms with van der Waals surface area (Å²) < 4.78 is 0. The van der Waals surface area contributed by atoms with Crippen molar-refractivity contribution in [3.63, 3.8) is 0 Å². The maximum atomic E-state index is 12.4. The Labute approximate surface area is 129 Å². The van der Waals surface area contributed by atoms with Crippen LogP contribution in [0.4, 0.5) is 5.69 Å². The van der Waals surface area contributed by atoms with Crippen LogP contribution in [0, 0.1) is 10.1 Å². The summed E-state index contributed by atoms with van der Waals surface area (Å²) in [5.74, 6) is -0.148. The van der Waals surface area contributed by atoms with E-state index < -0.39 is 4.92 Å². The van der Waals surface area contributed by atoms with Gasteiger partial charge in [0.15, 0.2) is 0 Å². The second-order valence-corrected chi connectivity index (χ2v) is 5.15. The van der Waals surface area contributed by atoms with Crippen molar-refractivity contribution < 1.29 is 9.72 Å². The lowest BCUT2D eigenvalue weighted by Gasteiger charge is -2.25. The fourth-order valence-electron chi connectivity index (χ4n) is 2.30. The van der Waals surface area contributed by atoms with Crippen LogP contribution in [-0.4, -0.2) is 22.8 Å². The van der Waals surface area contributed by atoms with Crippen molar-refractivity contribution in [1.29, 1.82) is 0 Å². The average molecular weight is 298 g/mol. The summed E-state index contributed by atoms with van der Waals surface area (Å²) in [4.78, 5) is 24.6. The van der Waals surface area contributed by atoms with Gasteiger partial charge in [-0.15, -0.1) is 0 Å². The monoisotopic (exact) mass is 298 g/mol. The lowest BCUT2D eigenvalue weighted by molar-refractivity contribution is -0.385. The minimum Gasteiger partial charge on any atom is -0.339 e. The van der Waals surface area contributed by atoms with Gasteiger partial charge in [-0.2, -0.15) is 0 Å². The largest absolute Gasteiger partial charge is 0.339 e. The summed E-state index contributed by atoms with van der Waals surface area (Å²) in [5, 5.41) is 11.0. The van der Waals surface area contributed by atoms with Gasteiger partial charge in [0, 0.05) is 18.7 Å². The van der Waals surface area contributed by atoms with Crippen LogP contribution in [0.2, 0.25) is 0 Å². The van der Waals surface area contributed by atoms with Crippen molar-refractivity contribution in [3.8, 4) is 0 Å². The molecule has 0 N–H and O–H groups in total. The number of hydrogen-bond acceptors (Lipinski definition) is 3. The van der Waals surface area contributed by atoms with Crippen LogP contribution in [-0.2, 0) is 11.2 Å². The average Bonchev–Trinajstić information content (AvgIpc) is 2.54. The summed E-state index contributed by atoms with van der Waals surface area (Å²) in [6.07, 6.45) is 0.0187. The van der Waals surface area contributed by atoms with Gasteiger partial charge in [0.1, 0.15) is 0 Å². The molecule has 2 aromatic rings. The van der Waals surface area contributed by atoms with E-state index in [1.165, 1.54) is 6.07 Å². The highest BCUT2D eigenvalue weighted by atomic mass is 16.6. The van der Waals surface area contributed by atoms with Gasteiger partial charge in [-0.05, 0) is 12.5 Å². The SMILES string of the molecule is C[C@H](c1ccccc1)N(C)C(=O)Cc1ccccc1[N+](=O)[O-]. The molecule has 0 radical (unpaired) electrons. The molecule has 0 aromatic heterocycles. The first-order valence-electron chi connectivity index (χ1n) is 7.03. The Bertz CT molecular complexity index is 671. The van der Waals surface area contributed by atoms with E-state index in [4.69, 9.17) is 0 Å². The summed E-state index contributed by atoms with van der Waals surface area (Å²) in [5.41, 5.74) is 1.45. The molecule has 114 valence electrons. The van der Waals surface area contributed by atoms with Gasteiger partial charge < -0.3 is 4.90 Å². The van der Waals surface area contributed by atoms with Gasteiger partial charge in [-0.1, -0.05) is 48.5 Å². The van der Waals surface area contributed by atoms with Crippen molar-refractivity contribution >= 4 is 11.6 Å². The molecule has 0 aliphatic carbocycles. The van der Waals surface area contributed by atoms with E-state index in [1.54, 1.807) is 30.1 Å². The predicted molar refractivity (Wildman–Crippen MR) is 84.4 cm³/mol. The van der Waals surface area contributed by atoms with E-state index in [9.17, 15) is 14.9 Å². The molecule has 1 amide bonds. The molecule has 0 bridgehead atoms. The third-order valence-electron chi connectivity index (χ3n) is 3.79. The molecule has 1 atom stereocenters. The fraction of sp³-hybridized carbons (Fsp3) is 0.235. The van der Waals surface area contributed by atoms with Gasteiger partial charge in [0.25, 0.3) is 5.69 Å². The standard InChI is InChI=1S/C17H18N2O3/c1-13(14-8-4-3-5-9-14)18(2)17(20)12-15-10-6-7-11-16(15)19(21)22/h3-11,13H,12H2,1-2H3/t13-/m1/s1. The van der Waals surface area contributed by atoms with Crippen molar-refractivity contribution in [2.75, 3.05) is 7.05 Å². The molecule has 0 unspecified atom stereocenters. The van der Waals surface area contributed by atoms with Crippen LogP contribution in [0.15, 0.2) is 54.6 Å². The number of likely N-dealkylation sites (N-methyl/N-ethyl adjacent to an activating group) is 1. The smallest absolute Gasteiger partial charge is 0.273 e. The maximum Gasteiger partial charge on any atom is 0.273 e. The number of carbonyl (C=O) groups is 1. The highest BCUT2D eigenvalue weighted by Crippen LogP contribution is 2.22. The molecule has 0 heterocycles. The minimum absolute atomic E-state index is 0.0170. The van der Waals surface area contributed by atoms with Gasteiger partial charge in [-0.3, -0.25) is 14.9 Å². The van der Waals surface area contributed by atoms with Crippen LogP contribution < -0.4 is 0 Å². The van der Waals surface area contributed by atoms with Gasteiger partial charge in [0.05, 0.1) is 17.4 Å². The second-order valence-electron chi connectivity index (χ2n) is 5.15. The number of amides is 1. The van der Waals surface area contributed by atoms with Gasteiger partial charge >= 0.3 is 0 Å². The highest BCUT2D eigenvalue weighted by Gasteiger charge is 2.21. The fourth-order valence-corrected chi connectivity index (χ4v) is 2.30.